The van der Waals surface area contributed by atoms with Crippen LogP contribution in [0, 0.1) is 0 Å². The molecular formula is C15H11NO8S2. The standard InChI is InChI=1S/C15H11NO8S2/c17-9-2-1-6(3-7(9)13(21)22)4-10-12(20)16(15(25)26-10)8(14(23)24)5-11(18)19/h1-4,8,17H,5H2,(H,18,19)(H,21,22)(H,23,24)/b10-4-. The van der Waals surface area contributed by atoms with Crippen molar-refractivity contribution in [2.75, 3.05) is 0 Å². The fourth-order valence-corrected chi connectivity index (χ4v) is 3.53. The Balaban J connectivity index is 2.37. The Bertz CT molecular complexity index is 863. The van der Waals surface area contributed by atoms with Gasteiger partial charge in [0.25, 0.3) is 5.91 Å². The third kappa shape index (κ3) is 4.00. The number of carboxylic acid groups (broad SMARTS) is 3. The minimum absolute atomic E-state index is 0.00803. The summed E-state index contributed by atoms with van der Waals surface area (Å²) in [6, 6.07) is 1.98. The molecule has 1 aliphatic rings. The second kappa shape index (κ2) is 7.54. The maximum absolute atomic E-state index is 12.5. The first-order valence-corrected chi connectivity index (χ1v) is 8.12. The van der Waals surface area contributed by atoms with Crippen LogP contribution in [0.25, 0.3) is 6.08 Å². The van der Waals surface area contributed by atoms with E-state index in [1.54, 1.807) is 0 Å². The molecule has 9 nitrogen and oxygen atoms in total. The average Bonchev–Trinajstić information content (AvgIpc) is 2.80. The molecule has 136 valence electrons. The van der Waals surface area contributed by atoms with Gasteiger partial charge in [-0.15, -0.1) is 0 Å². The van der Waals surface area contributed by atoms with Gasteiger partial charge in [-0.1, -0.05) is 30.0 Å². The third-order valence-corrected chi connectivity index (χ3v) is 4.67. The van der Waals surface area contributed by atoms with Crippen molar-refractivity contribution in [1.29, 1.82) is 0 Å². The quantitative estimate of drug-likeness (QED) is 0.407. The van der Waals surface area contributed by atoms with Gasteiger partial charge in [-0.3, -0.25) is 14.5 Å². The second-order valence-corrected chi connectivity index (χ2v) is 6.76. The molecule has 2 rings (SSSR count). The predicted octanol–water partition coefficient (Wildman–Crippen LogP) is 1.22. The minimum Gasteiger partial charge on any atom is -0.507 e. The van der Waals surface area contributed by atoms with Gasteiger partial charge in [0.15, 0.2) is 0 Å². The van der Waals surface area contributed by atoms with Crippen LogP contribution in [-0.2, 0) is 14.4 Å². The zero-order chi connectivity index (χ0) is 19.6. The molecular weight excluding hydrogens is 386 g/mol. The van der Waals surface area contributed by atoms with E-state index in [0.29, 0.717) is 4.90 Å². The maximum atomic E-state index is 12.5. The molecule has 26 heavy (non-hydrogen) atoms. The SMILES string of the molecule is O=C(O)CC(C(=O)O)N1C(=O)/C(=C/c2ccc(O)c(C(=O)O)c2)SC1=S. The van der Waals surface area contributed by atoms with Crippen molar-refractivity contribution < 1.29 is 39.6 Å². The number of amides is 1. The lowest BCUT2D eigenvalue weighted by Crippen LogP contribution is -2.45. The third-order valence-electron chi connectivity index (χ3n) is 3.34. The van der Waals surface area contributed by atoms with E-state index in [1.807, 2.05) is 0 Å². The largest absolute Gasteiger partial charge is 0.507 e. The highest BCUT2D eigenvalue weighted by atomic mass is 32.2. The van der Waals surface area contributed by atoms with Crippen LogP contribution >= 0.6 is 24.0 Å². The number of benzene rings is 1. The zero-order valence-electron chi connectivity index (χ0n) is 12.8. The summed E-state index contributed by atoms with van der Waals surface area (Å²) in [5.41, 5.74) is -0.102. The normalized spacial score (nSPS) is 16.8. The van der Waals surface area contributed by atoms with Crippen molar-refractivity contribution in [2.45, 2.75) is 12.5 Å². The smallest absolute Gasteiger partial charge is 0.339 e. The van der Waals surface area contributed by atoms with Gasteiger partial charge in [-0.2, -0.15) is 0 Å². The molecule has 1 heterocycles. The van der Waals surface area contributed by atoms with Crippen LogP contribution in [0.4, 0.5) is 0 Å². The highest BCUT2D eigenvalue weighted by Crippen LogP contribution is 2.35. The number of hydrogen-bond donors (Lipinski definition) is 4. The molecule has 0 aliphatic carbocycles. The molecule has 0 aromatic heterocycles. The summed E-state index contributed by atoms with van der Waals surface area (Å²) in [6.45, 7) is 0. The second-order valence-electron chi connectivity index (χ2n) is 5.09. The van der Waals surface area contributed by atoms with Crippen LogP contribution in [0.15, 0.2) is 23.1 Å². The Morgan fingerprint density at radius 2 is 1.88 bits per heavy atom. The molecule has 0 spiro atoms. The Morgan fingerprint density at radius 3 is 2.42 bits per heavy atom. The van der Waals surface area contributed by atoms with E-state index >= 15 is 0 Å². The number of aromatic hydroxyl groups is 1. The summed E-state index contributed by atoms with van der Waals surface area (Å²) in [5, 5.41) is 36.5. The van der Waals surface area contributed by atoms with Crippen molar-refractivity contribution in [3.05, 3.63) is 34.2 Å². The molecule has 1 aliphatic heterocycles. The molecule has 1 aromatic carbocycles. The lowest BCUT2D eigenvalue weighted by Gasteiger charge is -2.21. The number of aliphatic carboxylic acids is 2. The molecule has 1 amide bonds. The van der Waals surface area contributed by atoms with E-state index in [2.05, 4.69) is 0 Å². The van der Waals surface area contributed by atoms with Gasteiger partial charge in [0.1, 0.15) is 21.7 Å². The minimum atomic E-state index is -1.65. The van der Waals surface area contributed by atoms with E-state index in [4.69, 9.17) is 22.4 Å². The summed E-state index contributed by atoms with van der Waals surface area (Å²) in [4.78, 5) is 46.4. The number of nitrogens with zero attached hydrogens (tertiary/aromatic N) is 1. The fraction of sp³-hybridized carbons (Fsp3) is 0.133. The Hall–Kier alpha value is -2.92. The molecule has 1 fully saturated rings. The number of carboxylic acids is 3. The first kappa shape index (κ1) is 19.4. The summed E-state index contributed by atoms with van der Waals surface area (Å²) >= 11 is 5.75. The summed E-state index contributed by atoms with van der Waals surface area (Å²) < 4.78 is -0.118. The van der Waals surface area contributed by atoms with Crippen LogP contribution in [0.3, 0.4) is 0 Å². The Labute approximate surface area is 155 Å². The number of phenols is 1. The highest BCUT2D eigenvalue weighted by Gasteiger charge is 2.41. The number of carbonyl (C=O) groups excluding carboxylic acids is 1. The van der Waals surface area contributed by atoms with Crippen LogP contribution in [-0.4, -0.2) is 59.5 Å². The van der Waals surface area contributed by atoms with E-state index < -0.39 is 42.0 Å². The molecule has 1 saturated heterocycles. The molecule has 1 atom stereocenters. The van der Waals surface area contributed by atoms with Crippen LogP contribution in [0.2, 0.25) is 0 Å². The number of carbonyl (C=O) groups is 4. The Morgan fingerprint density at radius 1 is 1.23 bits per heavy atom. The van der Waals surface area contributed by atoms with Gasteiger partial charge in [-0.05, 0) is 23.8 Å². The number of rotatable bonds is 6. The van der Waals surface area contributed by atoms with Crippen molar-refractivity contribution in [3.63, 3.8) is 0 Å². The molecule has 0 bridgehead atoms. The van der Waals surface area contributed by atoms with E-state index in [0.717, 1.165) is 23.9 Å². The van der Waals surface area contributed by atoms with Gasteiger partial charge in [0.05, 0.1) is 11.3 Å². The van der Waals surface area contributed by atoms with Crippen molar-refractivity contribution in [1.82, 2.24) is 4.90 Å². The summed E-state index contributed by atoms with van der Waals surface area (Å²) in [7, 11) is 0. The predicted molar refractivity (Wildman–Crippen MR) is 93.8 cm³/mol. The monoisotopic (exact) mass is 397 g/mol. The van der Waals surface area contributed by atoms with Crippen molar-refractivity contribution in [3.8, 4) is 5.75 Å². The molecule has 0 saturated carbocycles. The lowest BCUT2D eigenvalue weighted by molar-refractivity contribution is -0.150. The highest BCUT2D eigenvalue weighted by molar-refractivity contribution is 8.26. The lowest BCUT2D eigenvalue weighted by atomic mass is 10.1. The fourth-order valence-electron chi connectivity index (χ4n) is 2.17. The number of thioether (sulfide) groups is 1. The number of hydrogen-bond acceptors (Lipinski definition) is 7. The van der Waals surface area contributed by atoms with Gasteiger partial charge in [0, 0.05) is 0 Å². The molecule has 4 N–H and O–H groups in total. The summed E-state index contributed by atoms with van der Waals surface area (Å²) in [5.74, 6) is -5.52. The van der Waals surface area contributed by atoms with Gasteiger partial charge in [-0.25, -0.2) is 9.59 Å². The van der Waals surface area contributed by atoms with Gasteiger partial charge in [0.2, 0.25) is 0 Å². The summed E-state index contributed by atoms with van der Waals surface area (Å²) in [6.07, 6.45) is 0.461. The van der Waals surface area contributed by atoms with Gasteiger partial charge >= 0.3 is 17.9 Å². The van der Waals surface area contributed by atoms with E-state index in [9.17, 15) is 29.4 Å². The molecule has 1 unspecified atom stereocenters. The number of aromatic carboxylic acids is 1. The molecule has 11 heteroatoms. The van der Waals surface area contributed by atoms with Crippen LogP contribution in [0.5, 0.6) is 5.75 Å². The average molecular weight is 397 g/mol. The van der Waals surface area contributed by atoms with Crippen LogP contribution in [0.1, 0.15) is 22.3 Å². The topological polar surface area (TPSA) is 152 Å². The Kier molecular flexibility index (Phi) is 5.63. The first-order valence-electron chi connectivity index (χ1n) is 6.89. The van der Waals surface area contributed by atoms with E-state index in [-0.39, 0.29) is 20.4 Å². The van der Waals surface area contributed by atoms with Gasteiger partial charge < -0.3 is 20.4 Å². The first-order chi connectivity index (χ1) is 12.1. The van der Waals surface area contributed by atoms with Crippen molar-refractivity contribution >= 4 is 58.2 Å². The zero-order valence-corrected chi connectivity index (χ0v) is 14.4. The van der Waals surface area contributed by atoms with Crippen LogP contribution < -0.4 is 0 Å². The molecule has 1 aromatic rings. The molecule has 0 radical (unpaired) electrons. The van der Waals surface area contributed by atoms with E-state index in [1.165, 1.54) is 12.1 Å². The number of thiocarbonyl (C=S) groups is 1. The maximum Gasteiger partial charge on any atom is 0.339 e. The van der Waals surface area contributed by atoms with Crippen molar-refractivity contribution in [2.24, 2.45) is 0 Å².